The molecule has 0 aliphatic rings. The average molecular weight is 312 g/mol. The van der Waals surface area contributed by atoms with Gasteiger partial charge in [-0.3, -0.25) is 10.1 Å². The third kappa shape index (κ3) is 3.68. The van der Waals surface area contributed by atoms with Crippen LogP contribution in [0.2, 0.25) is 5.02 Å². The zero-order chi connectivity index (χ0) is 15.4. The molecule has 21 heavy (non-hydrogen) atoms. The van der Waals surface area contributed by atoms with E-state index in [0.717, 1.165) is 17.7 Å². The molecule has 0 atom stereocenters. The Morgan fingerprint density at radius 1 is 1.29 bits per heavy atom. The summed E-state index contributed by atoms with van der Waals surface area (Å²) in [5, 5.41) is 19.5. The van der Waals surface area contributed by atoms with Crippen LogP contribution >= 0.6 is 11.6 Å². The van der Waals surface area contributed by atoms with E-state index >= 15 is 0 Å². The van der Waals surface area contributed by atoms with Crippen LogP contribution in [0.25, 0.3) is 0 Å². The molecule has 1 N–H and O–H groups in total. The minimum absolute atomic E-state index is 0.0270. The molecule has 0 spiro atoms. The summed E-state index contributed by atoms with van der Waals surface area (Å²) in [6, 6.07) is 8.44. The monoisotopic (exact) mass is 311 g/mol. The van der Waals surface area contributed by atoms with Gasteiger partial charge in [0.1, 0.15) is 11.6 Å². The number of aliphatic hydroxyl groups excluding tert-OH is 1. The minimum Gasteiger partial charge on any atom is -0.450 e. The standard InChI is InChI=1S/C14H11ClFNO4/c15-11-7-14(13(17(19)20)8-12(11)16)21-10-3-1-9(2-4-10)5-6-18/h1-4,7-8,18H,5-6H2. The molecule has 0 unspecified atom stereocenters. The second kappa shape index (κ2) is 6.51. The molecule has 0 bridgehead atoms. The predicted octanol–water partition coefficient (Wildman–Crippen LogP) is 3.71. The lowest BCUT2D eigenvalue weighted by atomic mass is 10.1. The fourth-order valence-electron chi connectivity index (χ4n) is 1.72. The van der Waals surface area contributed by atoms with Crippen molar-refractivity contribution < 1.29 is 19.2 Å². The molecule has 0 aliphatic heterocycles. The lowest BCUT2D eigenvalue weighted by Crippen LogP contribution is -1.96. The van der Waals surface area contributed by atoms with Gasteiger partial charge in [0.05, 0.1) is 16.0 Å². The summed E-state index contributed by atoms with van der Waals surface area (Å²) in [5.74, 6) is -0.669. The minimum atomic E-state index is -0.881. The summed E-state index contributed by atoms with van der Waals surface area (Å²) in [4.78, 5) is 10.2. The Kier molecular flexibility index (Phi) is 4.72. The molecule has 5 nitrogen and oxygen atoms in total. The molecule has 0 amide bonds. The lowest BCUT2D eigenvalue weighted by Gasteiger charge is -2.08. The summed E-state index contributed by atoms with van der Waals surface area (Å²) in [6.45, 7) is 0.0270. The number of benzene rings is 2. The van der Waals surface area contributed by atoms with E-state index in [2.05, 4.69) is 0 Å². The Morgan fingerprint density at radius 3 is 2.52 bits per heavy atom. The van der Waals surface area contributed by atoms with Gasteiger partial charge in [0, 0.05) is 12.7 Å². The van der Waals surface area contributed by atoms with Crippen molar-refractivity contribution in [3.05, 3.63) is 62.9 Å². The van der Waals surface area contributed by atoms with E-state index in [1.54, 1.807) is 24.3 Å². The molecule has 0 saturated heterocycles. The van der Waals surface area contributed by atoms with Gasteiger partial charge in [-0.05, 0) is 24.1 Å². The Morgan fingerprint density at radius 2 is 1.95 bits per heavy atom. The van der Waals surface area contributed by atoms with Gasteiger partial charge in [-0.2, -0.15) is 0 Å². The Bertz CT molecular complexity index is 661. The molecule has 7 heteroatoms. The summed E-state index contributed by atoms with van der Waals surface area (Å²) in [5.41, 5.74) is 0.396. The second-order valence-corrected chi connectivity index (χ2v) is 4.62. The van der Waals surface area contributed by atoms with Crippen LogP contribution in [0.5, 0.6) is 11.5 Å². The van der Waals surface area contributed by atoms with Crippen molar-refractivity contribution in [3.8, 4) is 11.5 Å². The van der Waals surface area contributed by atoms with Crippen molar-refractivity contribution in [1.82, 2.24) is 0 Å². The highest BCUT2D eigenvalue weighted by Gasteiger charge is 2.19. The Hall–Kier alpha value is -2.18. The van der Waals surface area contributed by atoms with Crippen molar-refractivity contribution in [2.45, 2.75) is 6.42 Å². The molecule has 110 valence electrons. The number of aliphatic hydroxyl groups is 1. The molecule has 0 saturated carbocycles. The maximum Gasteiger partial charge on any atom is 0.314 e. The SMILES string of the molecule is O=[N+]([O-])c1cc(F)c(Cl)cc1Oc1ccc(CCO)cc1. The quantitative estimate of drug-likeness (QED) is 0.674. The highest BCUT2D eigenvalue weighted by atomic mass is 35.5. The highest BCUT2D eigenvalue weighted by molar-refractivity contribution is 6.31. The Balaban J connectivity index is 2.30. The first-order valence-electron chi connectivity index (χ1n) is 6.02. The van der Waals surface area contributed by atoms with Crippen molar-refractivity contribution in [3.63, 3.8) is 0 Å². The molecule has 0 aliphatic carbocycles. The van der Waals surface area contributed by atoms with Crippen molar-refractivity contribution in [2.24, 2.45) is 0 Å². The first-order chi connectivity index (χ1) is 10.0. The van der Waals surface area contributed by atoms with E-state index < -0.39 is 16.4 Å². The van der Waals surface area contributed by atoms with Crippen molar-refractivity contribution in [2.75, 3.05) is 6.61 Å². The van der Waals surface area contributed by atoms with Crippen LogP contribution in [-0.4, -0.2) is 16.6 Å². The number of nitro groups is 1. The van der Waals surface area contributed by atoms with Gasteiger partial charge in [-0.15, -0.1) is 0 Å². The lowest BCUT2D eigenvalue weighted by molar-refractivity contribution is -0.385. The number of nitrogens with zero attached hydrogens (tertiary/aromatic N) is 1. The van der Waals surface area contributed by atoms with E-state index in [1.807, 2.05) is 0 Å². The van der Waals surface area contributed by atoms with Crippen LogP contribution in [0.1, 0.15) is 5.56 Å². The zero-order valence-electron chi connectivity index (χ0n) is 10.8. The van der Waals surface area contributed by atoms with Crippen LogP contribution in [0.3, 0.4) is 0 Å². The number of ether oxygens (including phenoxy) is 1. The maximum atomic E-state index is 13.3. The van der Waals surface area contributed by atoms with Gasteiger partial charge in [0.25, 0.3) is 0 Å². The molecular weight excluding hydrogens is 301 g/mol. The number of hydrogen-bond acceptors (Lipinski definition) is 4. The van der Waals surface area contributed by atoms with Crippen LogP contribution in [0, 0.1) is 15.9 Å². The van der Waals surface area contributed by atoms with Crippen LogP contribution in [-0.2, 0) is 6.42 Å². The molecule has 2 aromatic carbocycles. The first kappa shape index (κ1) is 15.2. The number of halogens is 2. The van der Waals surface area contributed by atoms with Gasteiger partial charge >= 0.3 is 5.69 Å². The Labute approximate surface area is 124 Å². The molecule has 0 aromatic heterocycles. The smallest absolute Gasteiger partial charge is 0.314 e. The van der Waals surface area contributed by atoms with Gasteiger partial charge in [-0.25, -0.2) is 4.39 Å². The van der Waals surface area contributed by atoms with Gasteiger partial charge in [-0.1, -0.05) is 23.7 Å². The normalized spacial score (nSPS) is 10.4. The van der Waals surface area contributed by atoms with Crippen LogP contribution in [0.4, 0.5) is 10.1 Å². The van der Waals surface area contributed by atoms with Crippen LogP contribution in [0.15, 0.2) is 36.4 Å². The van der Waals surface area contributed by atoms with Crippen LogP contribution < -0.4 is 4.74 Å². The van der Waals surface area contributed by atoms with E-state index in [-0.39, 0.29) is 17.4 Å². The molecular formula is C14H11ClFNO4. The summed E-state index contributed by atoms with van der Waals surface area (Å²) < 4.78 is 18.7. The zero-order valence-corrected chi connectivity index (χ0v) is 11.5. The first-order valence-corrected chi connectivity index (χ1v) is 6.40. The molecule has 2 rings (SSSR count). The molecule has 0 heterocycles. The van der Waals surface area contributed by atoms with E-state index in [1.165, 1.54) is 0 Å². The largest absolute Gasteiger partial charge is 0.450 e. The topological polar surface area (TPSA) is 72.6 Å². The van der Waals surface area contributed by atoms with Gasteiger partial charge < -0.3 is 9.84 Å². The fourth-order valence-corrected chi connectivity index (χ4v) is 1.88. The highest BCUT2D eigenvalue weighted by Crippen LogP contribution is 2.35. The number of nitro benzene ring substituents is 1. The van der Waals surface area contributed by atoms with Crippen molar-refractivity contribution in [1.29, 1.82) is 0 Å². The number of rotatable bonds is 5. The third-order valence-electron chi connectivity index (χ3n) is 2.75. The molecule has 0 fully saturated rings. The van der Waals surface area contributed by atoms with E-state index in [0.29, 0.717) is 12.2 Å². The fraction of sp³-hybridized carbons (Fsp3) is 0.143. The predicted molar refractivity (Wildman–Crippen MR) is 75.4 cm³/mol. The number of hydrogen-bond donors (Lipinski definition) is 1. The maximum absolute atomic E-state index is 13.3. The van der Waals surface area contributed by atoms with Gasteiger partial charge in [0.2, 0.25) is 5.75 Å². The third-order valence-corrected chi connectivity index (χ3v) is 3.04. The summed E-state index contributed by atoms with van der Waals surface area (Å²) in [6.07, 6.45) is 0.503. The summed E-state index contributed by atoms with van der Waals surface area (Å²) in [7, 11) is 0. The average Bonchev–Trinajstić information content (AvgIpc) is 2.44. The molecule has 2 aromatic rings. The van der Waals surface area contributed by atoms with Gasteiger partial charge in [0.15, 0.2) is 0 Å². The van der Waals surface area contributed by atoms with Crippen molar-refractivity contribution >= 4 is 17.3 Å². The second-order valence-electron chi connectivity index (χ2n) is 4.21. The van der Waals surface area contributed by atoms with E-state index in [9.17, 15) is 14.5 Å². The van der Waals surface area contributed by atoms with E-state index in [4.69, 9.17) is 21.4 Å². The molecule has 0 radical (unpaired) electrons. The summed E-state index contributed by atoms with van der Waals surface area (Å²) >= 11 is 5.62.